The minimum Gasteiger partial charge on any atom is -0.384 e. The summed E-state index contributed by atoms with van der Waals surface area (Å²) in [7, 11) is 0. The van der Waals surface area contributed by atoms with Gasteiger partial charge in [-0.05, 0) is 34.7 Å². The van der Waals surface area contributed by atoms with Crippen LogP contribution in [0.2, 0.25) is 0 Å². The van der Waals surface area contributed by atoms with E-state index >= 15 is 0 Å². The molecule has 2 nitrogen and oxygen atoms in total. The summed E-state index contributed by atoms with van der Waals surface area (Å²) in [5, 5.41) is 10.6. The van der Waals surface area contributed by atoms with Gasteiger partial charge < -0.3 is 5.11 Å². The predicted octanol–water partition coefficient (Wildman–Crippen LogP) is 3.30. The summed E-state index contributed by atoms with van der Waals surface area (Å²) in [6, 6.07) is 0. The van der Waals surface area contributed by atoms with Crippen LogP contribution in [0, 0.1) is 5.92 Å². The molecule has 78 valence electrons. The molecule has 4 heteroatoms. The number of thiazole rings is 1. The van der Waals surface area contributed by atoms with E-state index in [1.54, 1.807) is 16.8 Å². The number of aliphatic hydroxyl groups is 1. The maximum Gasteiger partial charge on any atom is 0.123 e. The van der Waals surface area contributed by atoms with Crippen LogP contribution in [0.5, 0.6) is 0 Å². The van der Waals surface area contributed by atoms with Crippen molar-refractivity contribution in [1.82, 2.24) is 4.98 Å². The van der Waals surface area contributed by atoms with Crippen molar-refractivity contribution in [3.8, 4) is 0 Å². The molecule has 0 aliphatic heterocycles. The van der Waals surface area contributed by atoms with Crippen LogP contribution in [0.3, 0.4) is 0 Å². The lowest BCUT2D eigenvalue weighted by Gasteiger charge is -2.37. The third-order valence-corrected chi connectivity index (χ3v) is 5.03. The van der Waals surface area contributed by atoms with Crippen LogP contribution in [0.15, 0.2) is 10.1 Å². The zero-order chi connectivity index (χ0) is 10.2. The fourth-order valence-electron chi connectivity index (χ4n) is 2.18. The van der Waals surface area contributed by atoms with Gasteiger partial charge in [0.2, 0.25) is 0 Å². The molecular weight excluding hydrogens is 262 g/mol. The molecule has 1 N–H and O–H groups in total. The van der Waals surface area contributed by atoms with Crippen LogP contribution in [-0.2, 0) is 5.60 Å². The summed E-state index contributed by atoms with van der Waals surface area (Å²) in [4.78, 5) is 5.15. The van der Waals surface area contributed by atoms with E-state index in [1.165, 1.54) is 6.42 Å². The minimum atomic E-state index is -0.641. The topological polar surface area (TPSA) is 33.1 Å². The van der Waals surface area contributed by atoms with Gasteiger partial charge in [0.25, 0.3) is 0 Å². The summed E-state index contributed by atoms with van der Waals surface area (Å²) < 4.78 is 0.818. The monoisotopic (exact) mass is 275 g/mol. The molecule has 1 fully saturated rings. The van der Waals surface area contributed by atoms with E-state index in [9.17, 15) is 5.11 Å². The highest BCUT2D eigenvalue weighted by atomic mass is 79.9. The highest BCUT2D eigenvalue weighted by Gasteiger charge is 2.40. The molecule has 14 heavy (non-hydrogen) atoms. The van der Waals surface area contributed by atoms with E-state index in [0.717, 1.165) is 28.7 Å². The predicted molar refractivity (Wildman–Crippen MR) is 61.3 cm³/mol. The molecule has 1 heterocycles. The van der Waals surface area contributed by atoms with Crippen molar-refractivity contribution in [1.29, 1.82) is 0 Å². The van der Waals surface area contributed by atoms with Gasteiger partial charge in [0.05, 0.1) is 10.4 Å². The van der Waals surface area contributed by atoms with Crippen LogP contribution in [-0.4, -0.2) is 10.1 Å². The Bertz CT molecular complexity index is 328. The van der Waals surface area contributed by atoms with Crippen LogP contribution >= 0.6 is 27.3 Å². The van der Waals surface area contributed by atoms with E-state index < -0.39 is 5.60 Å². The number of rotatable bonds is 1. The summed E-state index contributed by atoms with van der Waals surface area (Å²) in [6.45, 7) is 2.13. The highest BCUT2D eigenvalue weighted by molar-refractivity contribution is 9.10. The van der Waals surface area contributed by atoms with Crippen molar-refractivity contribution in [2.24, 2.45) is 5.92 Å². The number of aromatic nitrogens is 1. The minimum absolute atomic E-state index is 0.341. The zero-order valence-electron chi connectivity index (χ0n) is 8.16. The van der Waals surface area contributed by atoms with Gasteiger partial charge in [-0.2, -0.15) is 0 Å². The SMILES string of the molecule is CC1CCCCC1(O)c1scnc1Br. The Balaban J connectivity index is 2.34. The summed E-state index contributed by atoms with van der Waals surface area (Å²) in [5.41, 5.74) is 1.15. The number of halogens is 1. The molecule has 1 saturated carbocycles. The average Bonchev–Trinajstić information content (AvgIpc) is 2.57. The van der Waals surface area contributed by atoms with Crippen molar-refractivity contribution < 1.29 is 5.11 Å². The quantitative estimate of drug-likeness (QED) is 0.853. The molecule has 0 amide bonds. The molecule has 2 rings (SSSR count). The van der Waals surface area contributed by atoms with Crippen molar-refractivity contribution in [3.05, 3.63) is 15.0 Å². The summed E-state index contributed by atoms with van der Waals surface area (Å²) in [5.74, 6) is 0.341. The second-order valence-corrected chi connectivity index (χ2v) is 5.65. The van der Waals surface area contributed by atoms with Crippen LogP contribution in [0.25, 0.3) is 0 Å². The Morgan fingerprint density at radius 1 is 1.64 bits per heavy atom. The summed E-state index contributed by atoms with van der Waals surface area (Å²) in [6.07, 6.45) is 4.33. The second-order valence-electron chi connectivity index (χ2n) is 4.04. The van der Waals surface area contributed by atoms with E-state index in [4.69, 9.17) is 0 Å². The molecule has 0 saturated heterocycles. The molecule has 0 aromatic carbocycles. The van der Waals surface area contributed by atoms with Gasteiger partial charge in [0, 0.05) is 0 Å². The normalized spacial score (nSPS) is 33.2. The molecule has 1 aromatic rings. The van der Waals surface area contributed by atoms with E-state index in [2.05, 4.69) is 27.8 Å². The number of nitrogens with zero attached hydrogens (tertiary/aromatic N) is 1. The van der Waals surface area contributed by atoms with Gasteiger partial charge in [-0.1, -0.05) is 19.8 Å². The van der Waals surface area contributed by atoms with Crippen molar-refractivity contribution in [2.45, 2.75) is 38.2 Å². The van der Waals surface area contributed by atoms with Crippen molar-refractivity contribution in [2.75, 3.05) is 0 Å². The first-order valence-electron chi connectivity index (χ1n) is 4.96. The van der Waals surface area contributed by atoms with Crippen molar-refractivity contribution >= 4 is 27.3 Å². The highest BCUT2D eigenvalue weighted by Crippen LogP contribution is 2.45. The first-order chi connectivity index (χ1) is 6.64. The average molecular weight is 276 g/mol. The third-order valence-electron chi connectivity index (χ3n) is 3.18. The lowest BCUT2D eigenvalue weighted by atomic mass is 9.76. The van der Waals surface area contributed by atoms with Crippen molar-refractivity contribution in [3.63, 3.8) is 0 Å². The fraction of sp³-hybridized carbons (Fsp3) is 0.700. The molecule has 0 radical (unpaired) electrons. The zero-order valence-corrected chi connectivity index (χ0v) is 10.6. The van der Waals surface area contributed by atoms with Gasteiger partial charge in [0.15, 0.2) is 0 Å². The number of hydrogen-bond acceptors (Lipinski definition) is 3. The van der Waals surface area contributed by atoms with E-state index in [-0.39, 0.29) is 0 Å². The Kier molecular flexibility index (Phi) is 2.96. The fourth-order valence-corrected chi connectivity index (χ4v) is 3.96. The van der Waals surface area contributed by atoms with Gasteiger partial charge in [-0.15, -0.1) is 11.3 Å². The maximum absolute atomic E-state index is 10.6. The van der Waals surface area contributed by atoms with Gasteiger partial charge >= 0.3 is 0 Å². The first-order valence-corrected chi connectivity index (χ1v) is 6.63. The Labute approximate surface area is 96.5 Å². The van der Waals surface area contributed by atoms with E-state index in [1.807, 2.05) is 0 Å². The van der Waals surface area contributed by atoms with E-state index in [0.29, 0.717) is 5.92 Å². The lowest BCUT2D eigenvalue weighted by Crippen LogP contribution is -2.35. The Morgan fingerprint density at radius 2 is 2.43 bits per heavy atom. The smallest absolute Gasteiger partial charge is 0.123 e. The molecule has 1 aromatic heterocycles. The third kappa shape index (κ3) is 1.64. The standard InChI is InChI=1S/C10H14BrNOS/c1-7-4-2-3-5-10(7,13)8-9(11)12-6-14-8/h6-7,13H,2-5H2,1H3. The second kappa shape index (κ2) is 3.91. The molecule has 2 unspecified atom stereocenters. The largest absolute Gasteiger partial charge is 0.384 e. The maximum atomic E-state index is 10.6. The molecule has 1 aliphatic rings. The summed E-state index contributed by atoms with van der Waals surface area (Å²) >= 11 is 4.95. The first kappa shape index (κ1) is 10.6. The van der Waals surface area contributed by atoms with Gasteiger partial charge in [0.1, 0.15) is 10.2 Å². The lowest BCUT2D eigenvalue weighted by molar-refractivity contribution is -0.0445. The number of hydrogen-bond donors (Lipinski definition) is 1. The molecule has 2 atom stereocenters. The van der Waals surface area contributed by atoms with Gasteiger partial charge in [-0.3, -0.25) is 0 Å². The molecule has 1 aliphatic carbocycles. The van der Waals surface area contributed by atoms with Crippen LogP contribution in [0.4, 0.5) is 0 Å². The molecular formula is C10H14BrNOS. The van der Waals surface area contributed by atoms with Crippen LogP contribution < -0.4 is 0 Å². The Hall–Kier alpha value is 0.0700. The molecule has 0 spiro atoms. The Morgan fingerprint density at radius 3 is 3.00 bits per heavy atom. The van der Waals surface area contributed by atoms with Crippen LogP contribution in [0.1, 0.15) is 37.5 Å². The van der Waals surface area contributed by atoms with Gasteiger partial charge in [-0.25, -0.2) is 4.98 Å². The molecule has 0 bridgehead atoms.